The molecule has 0 aromatic heterocycles. The van der Waals surface area contributed by atoms with E-state index in [4.69, 9.17) is 9.88 Å². The van der Waals surface area contributed by atoms with Crippen molar-refractivity contribution in [3.05, 3.63) is 12.3 Å². The molecule has 0 saturated heterocycles. The van der Waals surface area contributed by atoms with Crippen LogP contribution in [0.25, 0.3) is 0 Å². The van der Waals surface area contributed by atoms with E-state index >= 15 is 0 Å². The van der Waals surface area contributed by atoms with E-state index < -0.39 is 11.4 Å². The molecule has 0 aliphatic carbocycles. The maximum Gasteiger partial charge on any atom is 0.145 e. The van der Waals surface area contributed by atoms with Gasteiger partial charge in [0.2, 0.25) is 0 Å². The van der Waals surface area contributed by atoms with Gasteiger partial charge in [0.25, 0.3) is 0 Å². The van der Waals surface area contributed by atoms with Crippen molar-refractivity contribution >= 4 is 11.4 Å². The molecule has 1 aliphatic rings. The largest absolute Gasteiger partial charge is 0.598 e. The molecule has 1 heterocycles. The molecule has 88 valence electrons. The topological polar surface area (TPSA) is 58.3 Å². The number of rotatable bonds is 4. The smallest absolute Gasteiger partial charge is 0.145 e. The Hall–Kier alpha value is -0.190. The molecule has 0 aromatic rings. The maximum absolute atomic E-state index is 11.5. The average Bonchev–Trinajstić information content (AvgIpc) is 2.19. The van der Waals surface area contributed by atoms with Crippen molar-refractivity contribution in [1.29, 1.82) is 0 Å². The summed E-state index contributed by atoms with van der Waals surface area (Å²) < 4.78 is 16.7. The van der Waals surface area contributed by atoms with E-state index in [0.29, 0.717) is 0 Å². The lowest BCUT2D eigenvalue weighted by Gasteiger charge is -2.37. The van der Waals surface area contributed by atoms with E-state index in [0.717, 1.165) is 19.3 Å². The Labute approximate surface area is 95.4 Å². The third kappa shape index (κ3) is 2.89. The first kappa shape index (κ1) is 12.9. The number of nitrogens with two attached hydrogens (primary N) is 1. The van der Waals surface area contributed by atoms with Crippen molar-refractivity contribution in [3.63, 3.8) is 0 Å². The Kier molecular flexibility index (Phi) is 4.49. The fourth-order valence-corrected chi connectivity index (χ4v) is 2.82. The summed E-state index contributed by atoms with van der Waals surface area (Å²) in [4.78, 5) is 0. The zero-order chi connectivity index (χ0) is 11.5. The van der Waals surface area contributed by atoms with Crippen LogP contribution in [-0.2, 0) is 16.1 Å². The minimum absolute atomic E-state index is 0.155. The third-order valence-electron chi connectivity index (χ3n) is 3.27. The SMILES string of the molecule is CCC([C@@H]1CCC=CO1)C(C)(C)[S+](N)[O-]. The molecule has 0 aromatic carbocycles. The van der Waals surface area contributed by atoms with Crippen molar-refractivity contribution < 1.29 is 9.29 Å². The van der Waals surface area contributed by atoms with Gasteiger partial charge in [-0.05, 0) is 39.2 Å². The van der Waals surface area contributed by atoms with Gasteiger partial charge >= 0.3 is 0 Å². The summed E-state index contributed by atoms with van der Waals surface area (Å²) >= 11 is -1.31. The monoisotopic (exact) mass is 231 g/mol. The van der Waals surface area contributed by atoms with Gasteiger partial charge in [-0.15, -0.1) is 0 Å². The second-order valence-electron chi connectivity index (χ2n) is 4.54. The molecule has 3 atom stereocenters. The van der Waals surface area contributed by atoms with Gasteiger partial charge in [0.15, 0.2) is 0 Å². The third-order valence-corrected chi connectivity index (χ3v) is 4.61. The number of hydrogen-bond donors (Lipinski definition) is 1. The first-order valence-corrected chi connectivity index (χ1v) is 6.68. The van der Waals surface area contributed by atoms with Crippen LogP contribution in [-0.4, -0.2) is 15.4 Å². The highest BCUT2D eigenvalue weighted by atomic mass is 32.2. The molecule has 1 rings (SSSR count). The standard InChI is InChI=1S/C11H21NO2S/c1-4-9(11(2,3)15(12)13)10-7-5-6-8-14-10/h6,8-10H,4-5,7,12H2,1-3H3/t9?,10-,15?/m0/s1. The highest BCUT2D eigenvalue weighted by Crippen LogP contribution is 2.34. The molecule has 15 heavy (non-hydrogen) atoms. The van der Waals surface area contributed by atoms with Crippen molar-refractivity contribution in [2.75, 3.05) is 0 Å². The highest BCUT2D eigenvalue weighted by Gasteiger charge is 2.43. The van der Waals surface area contributed by atoms with Gasteiger partial charge in [-0.25, -0.2) is 0 Å². The summed E-state index contributed by atoms with van der Waals surface area (Å²) in [5, 5.41) is 5.55. The second-order valence-corrected chi connectivity index (χ2v) is 6.19. The van der Waals surface area contributed by atoms with E-state index in [2.05, 4.69) is 6.92 Å². The maximum atomic E-state index is 11.5. The lowest BCUT2D eigenvalue weighted by molar-refractivity contribution is 0.0516. The van der Waals surface area contributed by atoms with Crippen LogP contribution in [0, 0.1) is 5.92 Å². The predicted molar refractivity (Wildman–Crippen MR) is 63.4 cm³/mol. The minimum Gasteiger partial charge on any atom is -0.598 e. The normalized spacial score (nSPS) is 25.8. The fourth-order valence-electron chi connectivity index (χ4n) is 2.20. The molecule has 0 radical (unpaired) electrons. The van der Waals surface area contributed by atoms with Gasteiger partial charge < -0.3 is 9.29 Å². The summed E-state index contributed by atoms with van der Waals surface area (Å²) in [6.07, 6.45) is 6.91. The number of allylic oxidation sites excluding steroid dienone is 1. The lowest BCUT2D eigenvalue weighted by Crippen LogP contribution is -2.49. The van der Waals surface area contributed by atoms with Crippen molar-refractivity contribution in [2.45, 2.75) is 50.9 Å². The van der Waals surface area contributed by atoms with Crippen molar-refractivity contribution in [1.82, 2.24) is 0 Å². The van der Waals surface area contributed by atoms with Crippen LogP contribution < -0.4 is 5.14 Å². The van der Waals surface area contributed by atoms with E-state index in [1.54, 1.807) is 6.26 Å². The van der Waals surface area contributed by atoms with Gasteiger partial charge in [0.05, 0.1) is 6.26 Å². The summed E-state index contributed by atoms with van der Waals surface area (Å²) in [6.45, 7) is 6.01. The summed E-state index contributed by atoms with van der Waals surface area (Å²) in [5.74, 6) is 0.244. The van der Waals surface area contributed by atoms with Crippen LogP contribution >= 0.6 is 0 Å². The second kappa shape index (κ2) is 5.23. The molecule has 4 heteroatoms. The number of hydrogen-bond acceptors (Lipinski definition) is 3. The zero-order valence-corrected chi connectivity index (χ0v) is 10.5. The van der Waals surface area contributed by atoms with Crippen LogP contribution in [0.15, 0.2) is 12.3 Å². The Morgan fingerprint density at radius 2 is 2.33 bits per heavy atom. The predicted octanol–water partition coefficient (Wildman–Crippen LogP) is 2.11. The van der Waals surface area contributed by atoms with Crippen LogP contribution in [0.1, 0.15) is 40.0 Å². The van der Waals surface area contributed by atoms with Gasteiger partial charge in [-0.1, -0.05) is 6.92 Å². The molecule has 0 amide bonds. The van der Waals surface area contributed by atoms with Crippen LogP contribution in [0.3, 0.4) is 0 Å². The molecule has 2 N–H and O–H groups in total. The average molecular weight is 231 g/mol. The summed E-state index contributed by atoms with van der Waals surface area (Å²) in [6, 6.07) is 0. The molecule has 1 aliphatic heterocycles. The molecule has 2 unspecified atom stereocenters. The Morgan fingerprint density at radius 3 is 2.73 bits per heavy atom. The molecule has 3 nitrogen and oxygen atoms in total. The van der Waals surface area contributed by atoms with Gasteiger partial charge in [0.1, 0.15) is 10.9 Å². The van der Waals surface area contributed by atoms with Gasteiger partial charge in [0, 0.05) is 17.3 Å². The highest BCUT2D eigenvalue weighted by molar-refractivity contribution is 7.90. The molecule has 0 fully saturated rings. The van der Waals surface area contributed by atoms with E-state index in [-0.39, 0.29) is 16.8 Å². The van der Waals surface area contributed by atoms with Crippen LogP contribution in [0.5, 0.6) is 0 Å². The first-order valence-electron chi connectivity index (χ1n) is 5.47. The summed E-state index contributed by atoms with van der Waals surface area (Å²) in [7, 11) is 0. The van der Waals surface area contributed by atoms with E-state index in [1.807, 2.05) is 19.9 Å². The van der Waals surface area contributed by atoms with E-state index in [9.17, 15) is 4.55 Å². The fraction of sp³-hybridized carbons (Fsp3) is 0.818. The van der Waals surface area contributed by atoms with Gasteiger partial charge in [-0.2, -0.15) is 5.14 Å². The molecular formula is C11H21NO2S. The van der Waals surface area contributed by atoms with Gasteiger partial charge in [-0.3, -0.25) is 0 Å². The van der Waals surface area contributed by atoms with Crippen molar-refractivity contribution in [2.24, 2.45) is 11.1 Å². The number of ether oxygens (including phenoxy) is 1. The zero-order valence-electron chi connectivity index (χ0n) is 9.73. The first-order chi connectivity index (χ1) is 7.00. The Bertz CT molecular complexity index is 229. The minimum atomic E-state index is -1.31. The summed E-state index contributed by atoms with van der Waals surface area (Å²) in [5.41, 5.74) is 0. The van der Waals surface area contributed by atoms with Crippen LogP contribution in [0.2, 0.25) is 0 Å². The Morgan fingerprint density at radius 1 is 1.67 bits per heavy atom. The molecular weight excluding hydrogens is 210 g/mol. The quantitative estimate of drug-likeness (QED) is 0.754. The molecule has 0 saturated carbocycles. The lowest BCUT2D eigenvalue weighted by atomic mass is 9.84. The Balaban J connectivity index is 2.73. The molecule has 0 spiro atoms. The van der Waals surface area contributed by atoms with Crippen molar-refractivity contribution in [3.8, 4) is 0 Å². The van der Waals surface area contributed by atoms with E-state index in [1.165, 1.54) is 0 Å². The molecule has 0 bridgehead atoms. The van der Waals surface area contributed by atoms with Crippen LogP contribution in [0.4, 0.5) is 0 Å².